The predicted molar refractivity (Wildman–Crippen MR) is 83.6 cm³/mol. The number of nitrogens with zero attached hydrogens (tertiary/aromatic N) is 4. The number of carbonyl (C=O) groups is 1. The Kier molecular flexibility index (Phi) is 4.52. The van der Waals surface area contributed by atoms with Gasteiger partial charge < -0.3 is 19.5 Å². The van der Waals surface area contributed by atoms with E-state index in [0.29, 0.717) is 43.8 Å². The molecule has 3 heterocycles. The maximum absolute atomic E-state index is 12.4. The van der Waals surface area contributed by atoms with Gasteiger partial charge in [-0.25, -0.2) is 9.97 Å². The molecule has 2 aromatic rings. The van der Waals surface area contributed by atoms with Crippen molar-refractivity contribution in [2.75, 3.05) is 36.5 Å². The number of anilines is 2. The first-order valence-corrected chi connectivity index (χ1v) is 7.57. The van der Waals surface area contributed by atoms with Gasteiger partial charge in [0.1, 0.15) is 12.0 Å². The molecule has 1 N–H and O–H groups in total. The second-order valence-electron chi connectivity index (χ2n) is 5.57. The van der Waals surface area contributed by atoms with Crippen LogP contribution in [0.4, 0.5) is 11.8 Å². The summed E-state index contributed by atoms with van der Waals surface area (Å²) in [4.78, 5) is 23.4. The Morgan fingerprint density at radius 1 is 1.30 bits per heavy atom. The van der Waals surface area contributed by atoms with Gasteiger partial charge in [-0.05, 0) is 12.0 Å². The summed E-state index contributed by atoms with van der Waals surface area (Å²) in [5, 5.41) is 6.33. The van der Waals surface area contributed by atoms with Gasteiger partial charge in [-0.1, -0.05) is 19.0 Å². The molecule has 1 aliphatic rings. The van der Waals surface area contributed by atoms with Crippen LogP contribution < -0.4 is 10.2 Å². The molecule has 1 saturated heterocycles. The Labute approximate surface area is 133 Å². The first kappa shape index (κ1) is 15.4. The molecule has 2 aromatic heterocycles. The van der Waals surface area contributed by atoms with Gasteiger partial charge in [-0.15, -0.1) is 0 Å². The van der Waals surface area contributed by atoms with Crippen molar-refractivity contribution in [3.05, 3.63) is 29.8 Å². The number of amides is 1. The molecule has 0 aromatic carbocycles. The van der Waals surface area contributed by atoms with Crippen molar-refractivity contribution < 1.29 is 14.1 Å². The molecule has 1 aliphatic heterocycles. The van der Waals surface area contributed by atoms with Crippen LogP contribution in [0.25, 0.3) is 0 Å². The van der Waals surface area contributed by atoms with E-state index in [2.05, 4.69) is 20.4 Å². The molecular weight excluding hydrogens is 298 g/mol. The number of carbonyl (C=O) groups excluding carboxylic acids is 1. The first-order chi connectivity index (χ1) is 11.1. The van der Waals surface area contributed by atoms with Gasteiger partial charge in [-0.3, -0.25) is 4.79 Å². The van der Waals surface area contributed by atoms with Gasteiger partial charge in [0.2, 0.25) is 5.95 Å². The smallest absolute Gasteiger partial charge is 0.275 e. The number of hydrogen-bond donors (Lipinski definition) is 1. The normalized spacial score (nSPS) is 15.0. The van der Waals surface area contributed by atoms with E-state index in [1.165, 1.54) is 6.26 Å². The third kappa shape index (κ3) is 3.65. The quantitative estimate of drug-likeness (QED) is 0.916. The Balaban J connectivity index is 1.88. The van der Waals surface area contributed by atoms with E-state index in [9.17, 15) is 4.79 Å². The summed E-state index contributed by atoms with van der Waals surface area (Å²) >= 11 is 0. The third-order valence-electron chi connectivity index (χ3n) is 3.53. The maximum Gasteiger partial charge on any atom is 0.275 e. The zero-order chi connectivity index (χ0) is 16.2. The van der Waals surface area contributed by atoms with Crippen molar-refractivity contribution in [2.45, 2.75) is 19.8 Å². The number of rotatable bonds is 4. The predicted octanol–water partition coefficient (Wildman–Crippen LogP) is 1.68. The molecule has 8 nitrogen and oxygen atoms in total. The monoisotopic (exact) mass is 317 g/mol. The standard InChI is InChI=1S/C15H19N5O3/c1-10(2)11-9-12(14(21)18-13-3-6-23-19-13)17-15(16-11)20-4-7-22-8-5-20/h3,6,9-10H,4-5,7-8H2,1-2H3,(H,18,19,21). The molecule has 0 unspecified atom stereocenters. The minimum Gasteiger partial charge on any atom is -0.378 e. The van der Waals surface area contributed by atoms with E-state index in [0.717, 1.165) is 5.69 Å². The van der Waals surface area contributed by atoms with Gasteiger partial charge in [0.05, 0.1) is 13.2 Å². The minimum atomic E-state index is -0.335. The van der Waals surface area contributed by atoms with Crippen molar-refractivity contribution in [3.8, 4) is 0 Å². The highest BCUT2D eigenvalue weighted by Crippen LogP contribution is 2.19. The van der Waals surface area contributed by atoms with Crippen LogP contribution in [0.1, 0.15) is 35.9 Å². The molecule has 0 atom stereocenters. The van der Waals surface area contributed by atoms with Crippen molar-refractivity contribution in [2.24, 2.45) is 0 Å². The lowest BCUT2D eigenvalue weighted by Crippen LogP contribution is -2.38. The summed E-state index contributed by atoms with van der Waals surface area (Å²) in [6.45, 7) is 6.76. The lowest BCUT2D eigenvalue weighted by molar-refractivity contribution is 0.102. The van der Waals surface area contributed by atoms with E-state index in [1.54, 1.807) is 12.1 Å². The minimum absolute atomic E-state index is 0.191. The molecule has 0 radical (unpaired) electrons. The van der Waals surface area contributed by atoms with Crippen LogP contribution >= 0.6 is 0 Å². The second kappa shape index (κ2) is 6.74. The molecule has 1 fully saturated rings. The van der Waals surface area contributed by atoms with Gasteiger partial charge >= 0.3 is 0 Å². The topological polar surface area (TPSA) is 93.4 Å². The third-order valence-corrected chi connectivity index (χ3v) is 3.53. The number of nitrogens with one attached hydrogen (secondary N) is 1. The van der Waals surface area contributed by atoms with E-state index in [-0.39, 0.29) is 11.8 Å². The average Bonchev–Trinajstić information content (AvgIpc) is 3.08. The van der Waals surface area contributed by atoms with Crippen LogP contribution in [0.15, 0.2) is 22.9 Å². The first-order valence-electron chi connectivity index (χ1n) is 7.57. The second-order valence-corrected chi connectivity index (χ2v) is 5.57. The molecular formula is C15H19N5O3. The molecule has 3 rings (SSSR count). The zero-order valence-electron chi connectivity index (χ0n) is 13.2. The van der Waals surface area contributed by atoms with Crippen molar-refractivity contribution in [1.82, 2.24) is 15.1 Å². The highest BCUT2D eigenvalue weighted by Gasteiger charge is 2.19. The van der Waals surface area contributed by atoms with Crippen molar-refractivity contribution in [1.29, 1.82) is 0 Å². The lowest BCUT2D eigenvalue weighted by Gasteiger charge is -2.27. The Morgan fingerprint density at radius 3 is 2.74 bits per heavy atom. The van der Waals surface area contributed by atoms with E-state index in [4.69, 9.17) is 9.26 Å². The number of hydrogen-bond acceptors (Lipinski definition) is 7. The number of ether oxygens (including phenoxy) is 1. The van der Waals surface area contributed by atoms with Crippen LogP contribution in [0.2, 0.25) is 0 Å². The summed E-state index contributed by atoms with van der Waals surface area (Å²) in [7, 11) is 0. The summed E-state index contributed by atoms with van der Waals surface area (Å²) in [6, 6.07) is 3.29. The van der Waals surface area contributed by atoms with E-state index in [1.807, 2.05) is 18.7 Å². The Hall–Kier alpha value is -2.48. The fourth-order valence-electron chi connectivity index (χ4n) is 2.23. The highest BCUT2D eigenvalue weighted by atomic mass is 16.5. The fraction of sp³-hybridized carbons (Fsp3) is 0.467. The maximum atomic E-state index is 12.4. The van der Waals surface area contributed by atoms with Crippen LogP contribution in [0.5, 0.6) is 0 Å². The average molecular weight is 317 g/mol. The molecule has 0 aliphatic carbocycles. The van der Waals surface area contributed by atoms with Gasteiger partial charge in [0.15, 0.2) is 5.82 Å². The summed E-state index contributed by atoms with van der Waals surface area (Å²) < 4.78 is 10.1. The van der Waals surface area contributed by atoms with Gasteiger partial charge in [0, 0.05) is 24.8 Å². The van der Waals surface area contributed by atoms with Gasteiger partial charge in [-0.2, -0.15) is 0 Å². The summed E-state index contributed by atoms with van der Waals surface area (Å²) in [6.07, 6.45) is 1.40. The number of aromatic nitrogens is 3. The molecule has 23 heavy (non-hydrogen) atoms. The van der Waals surface area contributed by atoms with Crippen LogP contribution in [0, 0.1) is 0 Å². The molecule has 0 saturated carbocycles. The fourth-order valence-corrected chi connectivity index (χ4v) is 2.23. The van der Waals surface area contributed by atoms with Crippen LogP contribution in [0.3, 0.4) is 0 Å². The highest BCUT2D eigenvalue weighted by molar-refractivity contribution is 6.02. The zero-order valence-corrected chi connectivity index (χ0v) is 13.2. The van der Waals surface area contributed by atoms with Gasteiger partial charge in [0.25, 0.3) is 5.91 Å². The molecule has 8 heteroatoms. The lowest BCUT2D eigenvalue weighted by atomic mass is 10.1. The van der Waals surface area contributed by atoms with Crippen LogP contribution in [-0.2, 0) is 4.74 Å². The van der Waals surface area contributed by atoms with Crippen molar-refractivity contribution in [3.63, 3.8) is 0 Å². The SMILES string of the molecule is CC(C)c1cc(C(=O)Nc2ccon2)nc(N2CCOCC2)n1. The van der Waals surface area contributed by atoms with Crippen LogP contribution in [-0.4, -0.2) is 47.3 Å². The number of morpholine rings is 1. The summed E-state index contributed by atoms with van der Waals surface area (Å²) in [5.74, 6) is 0.770. The molecule has 1 amide bonds. The summed E-state index contributed by atoms with van der Waals surface area (Å²) in [5.41, 5.74) is 1.14. The largest absolute Gasteiger partial charge is 0.378 e. The Morgan fingerprint density at radius 2 is 2.09 bits per heavy atom. The Bertz CT molecular complexity index is 666. The molecule has 0 bridgehead atoms. The molecule has 122 valence electrons. The van der Waals surface area contributed by atoms with E-state index < -0.39 is 0 Å². The van der Waals surface area contributed by atoms with Crippen molar-refractivity contribution >= 4 is 17.7 Å². The molecule has 0 spiro atoms. The van der Waals surface area contributed by atoms with E-state index >= 15 is 0 Å².